The molecule has 0 bridgehead atoms. The molecular formula is C19H18N4O4S. The van der Waals surface area contributed by atoms with E-state index in [1.807, 2.05) is 35.2 Å². The molecule has 0 aliphatic carbocycles. The highest BCUT2D eigenvalue weighted by Crippen LogP contribution is 2.24. The number of piperazine rings is 1. The number of aromatic nitrogens is 1. The number of nitrogens with zero attached hydrogens (tertiary/aromatic N) is 4. The van der Waals surface area contributed by atoms with E-state index < -0.39 is 14.9 Å². The van der Waals surface area contributed by atoms with Gasteiger partial charge in [0.25, 0.3) is 5.69 Å². The summed E-state index contributed by atoms with van der Waals surface area (Å²) < 4.78 is 27.5. The minimum Gasteiger partial charge on any atom is -0.354 e. The molecule has 1 aliphatic heterocycles. The van der Waals surface area contributed by atoms with E-state index in [0.29, 0.717) is 32.0 Å². The number of benzene rings is 2. The van der Waals surface area contributed by atoms with E-state index in [9.17, 15) is 18.5 Å². The summed E-state index contributed by atoms with van der Waals surface area (Å²) in [5, 5.41) is 12.6. The number of sulfonamides is 1. The summed E-state index contributed by atoms with van der Waals surface area (Å²) in [6.07, 6.45) is 1.22. The molecule has 144 valence electrons. The summed E-state index contributed by atoms with van der Waals surface area (Å²) in [7, 11) is -3.58. The van der Waals surface area contributed by atoms with Crippen molar-refractivity contribution in [3.63, 3.8) is 0 Å². The lowest BCUT2D eigenvalue weighted by Crippen LogP contribution is -2.48. The van der Waals surface area contributed by atoms with E-state index in [1.54, 1.807) is 18.2 Å². The predicted molar refractivity (Wildman–Crippen MR) is 106 cm³/mol. The lowest BCUT2D eigenvalue weighted by molar-refractivity contribution is -0.385. The van der Waals surface area contributed by atoms with Gasteiger partial charge in [-0.05, 0) is 29.0 Å². The maximum Gasteiger partial charge on any atom is 0.287 e. The van der Waals surface area contributed by atoms with Crippen molar-refractivity contribution in [1.82, 2.24) is 9.29 Å². The molecule has 0 amide bonds. The third-order valence-corrected chi connectivity index (χ3v) is 6.76. The Labute approximate surface area is 162 Å². The third kappa shape index (κ3) is 3.41. The Morgan fingerprint density at radius 1 is 0.929 bits per heavy atom. The van der Waals surface area contributed by atoms with Crippen LogP contribution in [0.1, 0.15) is 0 Å². The largest absolute Gasteiger partial charge is 0.354 e. The minimum atomic E-state index is -3.58. The summed E-state index contributed by atoms with van der Waals surface area (Å²) >= 11 is 0. The van der Waals surface area contributed by atoms with Crippen LogP contribution >= 0.6 is 0 Å². The highest BCUT2D eigenvalue weighted by Gasteiger charge is 2.29. The number of rotatable bonds is 4. The maximum atomic E-state index is 13.0. The Morgan fingerprint density at radius 3 is 2.29 bits per heavy atom. The van der Waals surface area contributed by atoms with Crippen LogP contribution in [-0.4, -0.2) is 48.8 Å². The molecule has 3 aromatic rings. The molecular weight excluding hydrogens is 380 g/mol. The van der Waals surface area contributed by atoms with Crippen LogP contribution in [0.2, 0.25) is 0 Å². The highest BCUT2D eigenvalue weighted by molar-refractivity contribution is 7.89. The number of nitro groups is 1. The summed E-state index contributed by atoms with van der Waals surface area (Å²) in [5.41, 5.74) is -0.0683. The standard InChI is InChI=1S/C19H18N4O4S/c24-23(25)17-6-8-19(20-14-17)21-9-11-22(12-10-21)28(26,27)18-7-5-15-3-1-2-4-16(15)13-18/h1-8,13-14H,9-12H2. The van der Waals surface area contributed by atoms with Crippen LogP contribution in [0.3, 0.4) is 0 Å². The minimum absolute atomic E-state index is 0.0683. The Bertz CT molecular complexity index is 1120. The first-order valence-corrected chi connectivity index (χ1v) is 10.2. The molecule has 2 heterocycles. The second kappa shape index (κ2) is 7.17. The number of pyridine rings is 1. The number of fused-ring (bicyclic) bond motifs is 1. The summed E-state index contributed by atoms with van der Waals surface area (Å²) in [4.78, 5) is 16.6. The molecule has 1 fully saturated rings. The van der Waals surface area contributed by atoms with Gasteiger partial charge in [0.1, 0.15) is 12.0 Å². The van der Waals surface area contributed by atoms with Crippen molar-refractivity contribution >= 4 is 32.3 Å². The van der Waals surface area contributed by atoms with E-state index in [4.69, 9.17) is 0 Å². The lowest BCUT2D eigenvalue weighted by atomic mass is 10.1. The molecule has 0 N–H and O–H groups in total. The van der Waals surface area contributed by atoms with Crippen molar-refractivity contribution in [1.29, 1.82) is 0 Å². The third-order valence-electron chi connectivity index (χ3n) is 4.86. The van der Waals surface area contributed by atoms with E-state index >= 15 is 0 Å². The van der Waals surface area contributed by atoms with Crippen molar-refractivity contribution in [2.24, 2.45) is 0 Å². The average molecular weight is 398 g/mol. The molecule has 1 saturated heterocycles. The van der Waals surface area contributed by atoms with Crippen LogP contribution in [0, 0.1) is 10.1 Å². The van der Waals surface area contributed by atoms with Gasteiger partial charge in [0, 0.05) is 32.2 Å². The van der Waals surface area contributed by atoms with Gasteiger partial charge in [-0.25, -0.2) is 13.4 Å². The first-order valence-electron chi connectivity index (χ1n) is 8.79. The van der Waals surface area contributed by atoms with Gasteiger partial charge in [-0.15, -0.1) is 0 Å². The van der Waals surface area contributed by atoms with E-state index in [-0.39, 0.29) is 10.6 Å². The summed E-state index contributed by atoms with van der Waals surface area (Å²) in [5.74, 6) is 0.605. The van der Waals surface area contributed by atoms with Crippen molar-refractivity contribution in [2.45, 2.75) is 4.90 Å². The molecule has 0 atom stereocenters. The molecule has 0 radical (unpaired) electrons. The van der Waals surface area contributed by atoms with Crippen molar-refractivity contribution in [3.8, 4) is 0 Å². The molecule has 1 aliphatic rings. The first kappa shape index (κ1) is 18.3. The van der Waals surface area contributed by atoms with Crippen molar-refractivity contribution < 1.29 is 13.3 Å². The van der Waals surface area contributed by atoms with Crippen molar-refractivity contribution in [2.75, 3.05) is 31.1 Å². The molecule has 0 spiro atoms. The van der Waals surface area contributed by atoms with Crippen LogP contribution in [0.25, 0.3) is 10.8 Å². The second-order valence-corrected chi connectivity index (χ2v) is 8.47. The van der Waals surface area contributed by atoms with Crippen LogP contribution < -0.4 is 4.90 Å². The first-order chi connectivity index (χ1) is 13.4. The molecule has 2 aromatic carbocycles. The summed E-state index contributed by atoms with van der Waals surface area (Å²) in [6.45, 7) is 1.59. The number of hydrogen-bond acceptors (Lipinski definition) is 6. The van der Waals surface area contributed by atoms with Gasteiger partial charge >= 0.3 is 0 Å². The predicted octanol–water partition coefficient (Wildman–Crippen LogP) is 2.65. The fourth-order valence-electron chi connectivity index (χ4n) is 3.31. The second-order valence-electron chi connectivity index (χ2n) is 6.53. The molecule has 4 rings (SSSR count). The summed E-state index contributed by atoms with van der Waals surface area (Å²) in [6, 6.07) is 15.8. The maximum absolute atomic E-state index is 13.0. The van der Waals surface area contributed by atoms with E-state index in [0.717, 1.165) is 10.8 Å². The van der Waals surface area contributed by atoms with Gasteiger partial charge in [-0.2, -0.15) is 4.31 Å². The molecule has 1 aromatic heterocycles. The van der Waals surface area contributed by atoms with E-state index in [1.165, 1.54) is 16.6 Å². The van der Waals surface area contributed by atoms with Gasteiger partial charge in [0.05, 0.1) is 9.82 Å². The lowest BCUT2D eigenvalue weighted by Gasteiger charge is -2.34. The Balaban J connectivity index is 1.49. The fraction of sp³-hybridized carbons (Fsp3) is 0.211. The fourth-order valence-corrected chi connectivity index (χ4v) is 4.77. The zero-order valence-electron chi connectivity index (χ0n) is 14.9. The average Bonchev–Trinajstić information content (AvgIpc) is 2.73. The molecule has 8 nitrogen and oxygen atoms in total. The number of hydrogen-bond donors (Lipinski definition) is 0. The van der Waals surface area contributed by atoms with Crippen molar-refractivity contribution in [3.05, 3.63) is 70.9 Å². The van der Waals surface area contributed by atoms with Crippen LogP contribution in [0.4, 0.5) is 11.5 Å². The smallest absolute Gasteiger partial charge is 0.287 e. The quantitative estimate of drug-likeness (QED) is 0.495. The molecule has 28 heavy (non-hydrogen) atoms. The van der Waals surface area contributed by atoms with Gasteiger partial charge in [-0.1, -0.05) is 30.3 Å². The SMILES string of the molecule is O=[N+]([O-])c1ccc(N2CCN(S(=O)(=O)c3ccc4ccccc4c3)CC2)nc1. The van der Waals surface area contributed by atoms with Gasteiger partial charge in [0.2, 0.25) is 10.0 Å². The molecule has 0 unspecified atom stereocenters. The Kier molecular flexibility index (Phi) is 4.70. The molecule has 0 saturated carbocycles. The monoisotopic (exact) mass is 398 g/mol. The Hall–Kier alpha value is -3.04. The van der Waals surface area contributed by atoms with E-state index in [2.05, 4.69) is 4.98 Å². The topological polar surface area (TPSA) is 96.6 Å². The zero-order chi connectivity index (χ0) is 19.7. The van der Waals surface area contributed by atoms with Gasteiger partial charge in [-0.3, -0.25) is 10.1 Å². The highest BCUT2D eigenvalue weighted by atomic mass is 32.2. The normalized spacial score (nSPS) is 15.6. The van der Waals surface area contributed by atoms with Crippen LogP contribution in [0.15, 0.2) is 65.7 Å². The van der Waals surface area contributed by atoms with Gasteiger partial charge in [0.15, 0.2) is 0 Å². The zero-order valence-corrected chi connectivity index (χ0v) is 15.7. The van der Waals surface area contributed by atoms with Crippen LogP contribution in [-0.2, 0) is 10.0 Å². The Morgan fingerprint density at radius 2 is 1.64 bits per heavy atom. The van der Waals surface area contributed by atoms with Gasteiger partial charge < -0.3 is 4.90 Å². The number of anilines is 1. The van der Waals surface area contributed by atoms with Crippen LogP contribution in [0.5, 0.6) is 0 Å². The molecule has 9 heteroatoms.